The molecular formula is C22H24O4. The van der Waals surface area contributed by atoms with Crippen molar-refractivity contribution in [1.29, 1.82) is 0 Å². The Kier molecular flexibility index (Phi) is 3.49. The van der Waals surface area contributed by atoms with E-state index in [4.69, 9.17) is 9.15 Å². The van der Waals surface area contributed by atoms with Crippen molar-refractivity contribution in [1.82, 2.24) is 0 Å². The predicted molar refractivity (Wildman–Crippen MR) is 99.3 cm³/mol. The van der Waals surface area contributed by atoms with Gasteiger partial charge in [0.2, 0.25) is 0 Å². The normalized spacial score (nSPS) is 26.9. The van der Waals surface area contributed by atoms with Crippen LogP contribution in [-0.4, -0.2) is 17.9 Å². The zero-order valence-corrected chi connectivity index (χ0v) is 15.9. The van der Waals surface area contributed by atoms with E-state index in [2.05, 4.69) is 20.8 Å². The molecule has 4 heteroatoms. The van der Waals surface area contributed by atoms with Crippen molar-refractivity contribution in [2.75, 3.05) is 0 Å². The van der Waals surface area contributed by atoms with Gasteiger partial charge in [0.05, 0.1) is 11.7 Å². The van der Waals surface area contributed by atoms with E-state index in [-0.39, 0.29) is 23.3 Å². The van der Waals surface area contributed by atoms with E-state index in [9.17, 15) is 9.59 Å². The smallest absolute Gasteiger partial charge is 0.302 e. The molecule has 0 amide bonds. The average molecular weight is 352 g/mol. The Morgan fingerprint density at radius 1 is 1.31 bits per heavy atom. The number of ether oxygens (including phenoxy) is 1. The summed E-state index contributed by atoms with van der Waals surface area (Å²) in [6.45, 7) is 9.84. The summed E-state index contributed by atoms with van der Waals surface area (Å²) < 4.78 is 11.4. The molecule has 1 aromatic carbocycles. The van der Waals surface area contributed by atoms with Gasteiger partial charge in [-0.05, 0) is 67.0 Å². The number of esters is 1. The molecule has 0 N–H and O–H groups in total. The highest BCUT2D eigenvalue weighted by atomic mass is 16.5. The number of benzene rings is 1. The zero-order valence-electron chi connectivity index (χ0n) is 15.9. The number of hydrogen-bond donors (Lipinski definition) is 0. The summed E-state index contributed by atoms with van der Waals surface area (Å²) in [5.74, 6) is -0.255. The molecule has 0 radical (unpaired) electrons. The van der Waals surface area contributed by atoms with E-state index in [1.54, 1.807) is 12.3 Å². The molecule has 2 aromatic rings. The summed E-state index contributed by atoms with van der Waals surface area (Å²) in [6.07, 6.45) is 4.79. The first-order chi connectivity index (χ1) is 12.2. The molecule has 4 rings (SSSR count). The lowest BCUT2D eigenvalue weighted by Gasteiger charge is -2.52. The molecular weight excluding hydrogens is 328 g/mol. The number of aryl methyl sites for hydroxylation is 1. The van der Waals surface area contributed by atoms with E-state index >= 15 is 0 Å². The van der Waals surface area contributed by atoms with Crippen LogP contribution in [0.3, 0.4) is 0 Å². The first kappa shape index (κ1) is 17.1. The summed E-state index contributed by atoms with van der Waals surface area (Å²) in [6, 6.07) is 3.87. The topological polar surface area (TPSA) is 56.5 Å². The highest BCUT2D eigenvalue weighted by Crippen LogP contribution is 2.56. The fourth-order valence-electron chi connectivity index (χ4n) is 5.05. The van der Waals surface area contributed by atoms with Gasteiger partial charge in [-0.15, -0.1) is 0 Å². The minimum Gasteiger partial charge on any atom is -0.464 e. The molecule has 2 atom stereocenters. The second kappa shape index (κ2) is 5.32. The third-order valence-corrected chi connectivity index (χ3v) is 6.37. The minimum absolute atomic E-state index is 0.0321. The van der Waals surface area contributed by atoms with Gasteiger partial charge < -0.3 is 9.15 Å². The van der Waals surface area contributed by atoms with Crippen molar-refractivity contribution in [2.45, 2.75) is 59.0 Å². The van der Waals surface area contributed by atoms with Crippen molar-refractivity contribution in [2.24, 2.45) is 5.41 Å². The SMILES string of the molecule is CC(=O)OC1CCC(C)(C)C2=CC(=O)c3c(cc4occc4c3C)C21C. The van der Waals surface area contributed by atoms with E-state index < -0.39 is 5.41 Å². The van der Waals surface area contributed by atoms with Gasteiger partial charge >= 0.3 is 5.97 Å². The van der Waals surface area contributed by atoms with Crippen LogP contribution in [0.4, 0.5) is 0 Å². The number of furan rings is 1. The lowest BCUT2D eigenvalue weighted by Crippen LogP contribution is -2.51. The first-order valence-electron chi connectivity index (χ1n) is 9.12. The number of fused-ring (bicyclic) bond motifs is 4. The Morgan fingerprint density at radius 2 is 2.04 bits per heavy atom. The second-order valence-corrected chi connectivity index (χ2v) is 8.40. The lowest BCUT2D eigenvalue weighted by molar-refractivity contribution is -0.151. The summed E-state index contributed by atoms with van der Waals surface area (Å²) in [4.78, 5) is 24.8. The van der Waals surface area contributed by atoms with Crippen LogP contribution in [0.1, 0.15) is 62.0 Å². The van der Waals surface area contributed by atoms with Crippen molar-refractivity contribution in [3.63, 3.8) is 0 Å². The van der Waals surface area contributed by atoms with Crippen LogP contribution < -0.4 is 0 Å². The molecule has 136 valence electrons. The van der Waals surface area contributed by atoms with E-state index in [0.717, 1.165) is 46.1 Å². The van der Waals surface area contributed by atoms with Gasteiger partial charge in [-0.25, -0.2) is 0 Å². The molecule has 1 aromatic heterocycles. The maximum absolute atomic E-state index is 13.1. The van der Waals surface area contributed by atoms with Gasteiger partial charge in [0.1, 0.15) is 11.7 Å². The zero-order chi connectivity index (χ0) is 18.9. The van der Waals surface area contributed by atoms with E-state index in [1.807, 2.05) is 19.1 Å². The van der Waals surface area contributed by atoms with Crippen LogP contribution in [0, 0.1) is 12.3 Å². The van der Waals surface area contributed by atoms with E-state index in [0.29, 0.717) is 0 Å². The van der Waals surface area contributed by atoms with Crippen molar-refractivity contribution in [3.8, 4) is 0 Å². The largest absolute Gasteiger partial charge is 0.464 e. The predicted octanol–water partition coefficient (Wildman–Crippen LogP) is 4.87. The van der Waals surface area contributed by atoms with Gasteiger partial charge in [0.15, 0.2) is 5.78 Å². The molecule has 1 saturated carbocycles. The standard InChI is InChI=1S/C22H24O4/c1-12-14-7-9-25-17(14)10-15-20(12)16(24)11-18-21(3,4)8-6-19(22(15,18)5)26-13(2)23/h7,9-11,19H,6,8H2,1-5H3. The molecule has 0 aliphatic heterocycles. The van der Waals surface area contributed by atoms with Crippen LogP contribution in [0.25, 0.3) is 11.0 Å². The number of carbonyl (C=O) groups excluding carboxylic acids is 2. The Bertz CT molecular complexity index is 975. The minimum atomic E-state index is -0.539. The third-order valence-electron chi connectivity index (χ3n) is 6.37. The van der Waals surface area contributed by atoms with Gasteiger partial charge in [-0.2, -0.15) is 0 Å². The lowest BCUT2D eigenvalue weighted by atomic mass is 9.53. The Hall–Kier alpha value is -2.36. The molecule has 1 fully saturated rings. The van der Waals surface area contributed by atoms with Crippen LogP contribution in [0.15, 0.2) is 34.5 Å². The highest BCUT2D eigenvalue weighted by Gasteiger charge is 2.54. The fraction of sp³-hybridized carbons (Fsp3) is 0.455. The van der Waals surface area contributed by atoms with Crippen LogP contribution in [0.2, 0.25) is 0 Å². The molecule has 2 unspecified atom stereocenters. The monoisotopic (exact) mass is 352 g/mol. The molecule has 2 aliphatic carbocycles. The van der Waals surface area contributed by atoms with Crippen molar-refractivity contribution >= 4 is 22.7 Å². The Balaban J connectivity index is 2.05. The quantitative estimate of drug-likeness (QED) is 0.687. The molecule has 0 spiro atoms. The summed E-state index contributed by atoms with van der Waals surface area (Å²) >= 11 is 0. The summed E-state index contributed by atoms with van der Waals surface area (Å²) in [5, 5.41) is 0.955. The van der Waals surface area contributed by atoms with Gasteiger partial charge in [0.25, 0.3) is 0 Å². The van der Waals surface area contributed by atoms with Crippen LogP contribution >= 0.6 is 0 Å². The summed E-state index contributed by atoms with van der Waals surface area (Å²) in [5.41, 5.74) is 3.70. The maximum atomic E-state index is 13.1. The molecule has 26 heavy (non-hydrogen) atoms. The van der Waals surface area contributed by atoms with Crippen molar-refractivity contribution in [3.05, 3.63) is 46.7 Å². The number of allylic oxidation sites excluding steroid dienone is 1. The van der Waals surface area contributed by atoms with E-state index in [1.165, 1.54) is 6.92 Å². The van der Waals surface area contributed by atoms with Crippen LogP contribution in [0.5, 0.6) is 0 Å². The molecule has 1 heterocycles. The Labute approximate surface area is 153 Å². The second-order valence-electron chi connectivity index (χ2n) is 8.40. The number of rotatable bonds is 1. The first-order valence-corrected chi connectivity index (χ1v) is 9.12. The average Bonchev–Trinajstić information content (AvgIpc) is 3.02. The summed E-state index contributed by atoms with van der Waals surface area (Å²) in [7, 11) is 0. The molecule has 2 aliphatic rings. The third kappa shape index (κ3) is 2.14. The molecule has 4 nitrogen and oxygen atoms in total. The van der Waals surface area contributed by atoms with Gasteiger partial charge in [-0.3, -0.25) is 9.59 Å². The van der Waals surface area contributed by atoms with Gasteiger partial charge in [0, 0.05) is 17.9 Å². The number of hydrogen-bond acceptors (Lipinski definition) is 4. The highest BCUT2D eigenvalue weighted by molar-refractivity contribution is 6.12. The fourth-order valence-corrected chi connectivity index (χ4v) is 5.05. The molecule has 0 saturated heterocycles. The number of ketones is 1. The molecule has 0 bridgehead atoms. The maximum Gasteiger partial charge on any atom is 0.302 e. The van der Waals surface area contributed by atoms with Gasteiger partial charge in [-0.1, -0.05) is 13.8 Å². The number of carbonyl (C=O) groups is 2. The van der Waals surface area contributed by atoms with Crippen molar-refractivity contribution < 1.29 is 18.7 Å². The Morgan fingerprint density at radius 3 is 2.73 bits per heavy atom. The van der Waals surface area contributed by atoms with Crippen LogP contribution in [-0.2, 0) is 14.9 Å².